The second-order valence-electron chi connectivity index (χ2n) is 6.26. The first-order valence-corrected chi connectivity index (χ1v) is 11.0. The zero-order valence-electron chi connectivity index (χ0n) is 14.8. The van der Waals surface area contributed by atoms with Gasteiger partial charge >= 0.3 is 0 Å². The predicted molar refractivity (Wildman–Crippen MR) is 109 cm³/mol. The summed E-state index contributed by atoms with van der Waals surface area (Å²) in [6.45, 7) is 0.337. The summed E-state index contributed by atoms with van der Waals surface area (Å²) in [6.07, 6.45) is 3.81. The Morgan fingerprint density at radius 2 is 1.96 bits per heavy atom. The molecule has 0 saturated heterocycles. The normalized spacial score (nSPS) is 11.9. The van der Waals surface area contributed by atoms with Crippen LogP contribution in [-0.4, -0.2) is 30.3 Å². The number of benzene rings is 2. The summed E-state index contributed by atoms with van der Waals surface area (Å²) in [5, 5.41) is 6.51. The van der Waals surface area contributed by atoms with Crippen LogP contribution >= 0.6 is 11.3 Å². The van der Waals surface area contributed by atoms with Gasteiger partial charge in [-0.2, -0.15) is 0 Å². The molecule has 4 rings (SSSR count). The molecule has 9 heteroatoms. The van der Waals surface area contributed by atoms with Gasteiger partial charge in [-0.25, -0.2) is 18.1 Å². The molecule has 2 N–H and O–H groups in total. The van der Waals surface area contributed by atoms with Gasteiger partial charge in [-0.15, -0.1) is 11.3 Å². The molecule has 0 unspecified atom stereocenters. The van der Waals surface area contributed by atoms with Crippen LogP contribution in [0.5, 0.6) is 0 Å². The minimum absolute atomic E-state index is 0.0271. The molecule has 0 spiro atoms. The number of nitrogens with one attached hydrogen (secondary N) is 2. The van der Waals surface area contributed by atoms with E-state index < -0.39 is 10.0 Å². The monoisotopic (exact) mass is 414 g/mol. The van der Waals surface area contributed by atoms with Crippen molar-refractivity contribution in [2.45, 2.75) is 17.9 Å². The number of thiazole rings is 1. The highest BCUT2D eigenvalue weighted by molar-refractivity contribution is 7.89. The number of fused-ring (bicyclic) bond motifs is 2. The SMILES string of the molecule is O=C(CCNS(=O)(=O)c1ccc2ccccc2c1)NCc1cn2ccsc2n1. The van der Waals surface area contributed by atoms with Crippen LogP contribution in [0, 0.1) is 0 Å². The van der Waals surface area contributed by atoms with Gasteiger partial charge in [0.25, 0.3) is 0 Å². The minimum Gasteiger partial charge on any atom is -0.350 e. The molecule has 2 aromatic heterocycles. The topological polar surface area (TPSA) is 92.6 Å². The van der Waals surface area contributed by atoms with Crippen molar-refractivity contribution < 1.29 is 13.2 Å². The summed E-state index contributed by atoms with van der Waals surface area (Å²) in [7, 11) is -3.67. The highest BCUT2D eigenvalue weighted by Gasteiger charge is 2.15. The number of carbonyl (C=O) groups is 1. The van der Waals surface area contributed by atoms with Crippen molar-refractivity contribution in [3.8, 4) is 0 Å². The van der Waals surface area contributed by atoms with E-state index in [2.05, 4.69) is 15.0 Å². The molecule has 0 fully saturated rings. The van der Waals surface area contributed by atoms with Crippen molar-refractivity contribution in [1.29, 1.82) is 0 Å². The average Bonchev–Trinajstić information content (AvgIpc) is 3.27. The number of hydrogen-bond donors (Lipinski definition) is 2. The number of nitrogens with zero attached hydrogens (tertiary/aromatic N) is 2. The van der Waals surface area contributed by atoms with Crippen LogP contribution in [0.15, 0.2) is 65.1 Å². The number of amides is 1. The Morgan fingerprint density at radius 3 is 2.79 bits per heavy atom. The molecule has 144 valence electrons. The summed E-state index contributed by atoms with van der Waals surface area (Å²) in [4.78, 5) is 17.4. The smallest absolute Gasteiger partial charge is 0.240 e. The van der Waals surface area contributed by atoms with E-state index in [1.54, 1.807) is 18.2 Å². The highest BCUT2D eigenvalue weighted by atomic mass is 32.2. The van der Waals surface area contributed by atoms with E-state index in [-0.39, 0.29) is 23.8 Å². The third-order valence-corrected chi connectivity index (χ3v) is 6.51. The number of hydrogen-bond acceptors (Lipinski definition) is 5. The lowest BCUT2D eigenvalue weighted by Crippen LogP contribution is -2.30. The maximum Gasteiger partial charge on any atom is 0.240 e. The van der Waals surface area contributed by atoms with Crippen molar-refractivity contribution in [2.75, 3.05) is 6.54 Å². The molecular weight excluding hydrogens is 396 g/mol. The van der Waals surface area contributed by atoms with Gasteiger partial charge in [-0.05, 0) is 22.9 Å². The van der Waals surface area contributed by atoms with Gasteiger partial charge in [0.1, 0.15) is 0 Å². The third kappa shape index (κ3) is 4.06. The Hall–Kier alpha value is -2.75. The molecule has 0 aliphatic heterocycles. The van der Waals surface area contributed by atoms with Gasteiger partial charge < -0.3 is 5.32 Å². The van der Waals surface area contributed by atoms with Crippen LogP contribution in [0.3, 0.4) is 0 Å². The Labute approximate surface area is 166 Å². The molecule has 1 amide bonds. The maximum atomic E-state index is 12.5. The number of rotatable bonds is 7. The van der Waals surface area contributed by atoms with Crippen molar-refractivity contribution >= 4 is 43.0 Å². The van der Waals surface area contributed by atoms with Crippen LogP contribution in [0.2, 0.25) is 0 Å². The first kappa shape index (κ1) is 18.6. The van der Waals surface area contributed by atoms with Gasteiger partial charge in [-0.1, -0.05) is 30.3 Å². The van der Waals surface area contributed by atoms with E-state index in [0.717, 1.165) is 21.4 Å². The average molecular weight is 415 g/mol. The van der Waals surface area contributed by atoms with E-state index >= 15 is 0 Å². The number of aromatic nitrogens is 2. The van der Waals surface area contributed by atoms with E-state index in [0.29, 0.717) is 6.54 Å². The van der Waals surface area contributed by atoms with Crippen LogP contribution < -0.4 is 10.0 Å². The zero-order valence-corrected chi connectivity index (χ0v) is 16.5. The van der Waals surface area contributed by atoms with Gasteiger partial charge in [0.15, 0.2) is 4.96 Å². The molecule has 0 saturated carbocycles. The first-order valence-electron chi connectivity index (χ1n) is 8.67. The summed E-state index contributed by atoms with van der Waals surface area (Å²) in [6, 6.07) is 12.5. The highest BCUT2D eigenvalue weighted by Crippen LogP contribution is 2.18. The van der Waals surface area contributed by atoms with E-state index in [9.17, 15) is 13.2 Å². The van der Waals surface area contributed by atoms with Crippen molar-refractivity contribution in [2.24, 2.45) is 0 Å². The third-order valence-electron chi connectivity index (χ3n) is 4.29. The fourth-order valence-electron chi connectivity index (χ4n) is 2.86. The summed E-state index contributed by atoms with van der Waals surface area (Å²) >= 11 is 1.52. The second kappa shape index (κ2) is 7.70. The maximum absolute atomic E-state index is 12.5. The Morgan fingerprint density at radius 1 is 1.14 bits per heavy atom. The summed E-state index contributed by atoms with van der Waals surface area (Å²) < 4.78 is 29.3. The Kier molecular flexibility index (Phi) is 5.12. The van der Waals surface area contributed by atoms with E-state index in [1.807, 2.05) is 46.4 Å². The second-order valence-corrected chi connectivity index (χ2v) is 8.90. The fourth-order valence-corrected chi connectivity index (χ4v) is 4.64. The lowest BCUT2D eigenvalue weighted by molar-refractivity contribution is -0.121. The van der Waals surface area contributed by atoms with Crippen LogP contribution in [0.25, 0.3) is 15.7 Å². The standard InChI is InChI=1S/C19H18N4O3S2/c24-18(20-12-16-13-23-9-10-27-19(23)22-16)7-8-21-28(25,26)17-6-5-14-3-1-2-4-15(14)11-17/h1-6,9-11,13,21H,7-8,12H2,(H,20,24). The quantitative estimate of drug-likeness (QED) is 0.486. The Balaban J connectivity index is 1.30. The summed E-state index contributed by atoms with van der Waals surface area (Å²) in [5.74, 6) is -0.238. The molecular formula is C19H18N4O3S2. The molecule has 0 bridgehead atoms. The largest absolute Gasteiger partial charge is 0.350 e. The van der Waals surface area contributed by atoms with E-state index in [1.165, 1.54) is 11.3 Å². The van der Waals surface area contributed by atoms with Crippen LogP contribution in [0.4, 0.5) is 0 Å². The fraction of sp³-hybridized carbons (Fsp3) is 0.158. The van der Waals surface area contributed by atoms with E-state index in [4.69, 9.17) is 0 Å². The molecule has 0 aliphatic rings. The van der Waals surface area contributed by atoms with Gasteiger partial charge in [0.2, 0.25) is 15.9 Å². The number of imidazole rings is 1. The van der Waals surface area contributed by atoms with Crippen molar-refractivity contribution in [3.63, 3.8) is 0 Å². The molecule has 0 aliphatic carbocycles. The molecule has 0 radical (unpaired) electrons. The van der Waals surface area contributed by atoms with Gasteiger partial charge in [0.05, 0.1) is 17.1 Å². The van der Waals surface area contributed by atoms with Crippen molar-refractivity contribution in [1.82, 2.24) is 19.4 Å². The van der Waals surface area contributed by atoms with Crippen LogP contribution in [-0.2, 0) is 21.4 Å². The molecule has 7 nitrogen and oxygen atoms in total. The molecule has 2 aromatic carbocycles. The van der Waals surface area contributed by atoms with Gasteiger partial charge in [0, 0.05) is 30.7 Å². The zero-order chi connectivity index (χ0) is 19.6. The lowest BCUT2D eigenvalue weighted by Gasteiger charge is -2.08. The van der Waals surface area contributed by atoms with Gasteiger partial charge in [-0.3, -0.25) is 9.20 Å². The van der Waals surface area contributed by atoms with Crippen LogP contribution in [0.1, 0.15) is 12.1 Å². The molecule has 0 atom stereocenters. The lowest BCUT2D eigenvalue weighted by atomic mass is 10.1. The molecule has 2 heterocycles. The molecule has 4 aromatic rings. The Bertz CT molecular complexity index is 1220. The minimum atomic E-state index is -3.67. The van der Waals surface area contributed by atoms with Crippen molar-refractivity contribution in [3.05, 3.63) is 65.9 Å². The predicted octanol–water partition coefficient (Wildman–Crippen LogP) is 2.53. The first-order chi connectivity index (χ1) is 13.5. The summed E-state index contributed by atoms with van der Waals surface area (Å²) in [5.41, 5.74) is 0.761. The number of sulfonamides is 1. The molecule has 28 heavy (non-hydrogen) atoms. The number of carbonyl (C=O) groups excluding carboxylic acids is 1.